The number of hydrogen-bond acceptors (Lipinski definition) is 1. The van der Waals surface area contributed by atoms with Crippen LogP contribution in [0.5, 0.6) is 0 Å². The fraction of sp³-hybridized carbons (Fsp3) is 0.462. The summed E-state index contributed by atoms with van der Waals surface area (Å²) in [6.07, 6.45) is 7.87. The average molecular weight is 202 g/mol. The van der Waals surface area contributed by atoms with E-state index in [1.165, 1.54) is 25.0 Å². The van der Waals surface area contributed by atoms with Crippen LogP contribution in [0, 0.1) is 0 Å². The van der Waals surface area contributed by atoms with Gasteiger partial charge < -0.3 is 4.40 Å². The van der Waals surface area contributed by atoms with Crippen LogP contribution in [0.1, 0.15) is 44.7 Å². The molecule has 0 amide bonds. The van der Waals surface area contributed by atoms with Crippen molar-refractivity contribution in [3.8, 4) is 0 Å². The highest BCUT2D eigenvalue weighted by atomic mass is 15.0. The first-order chi connectivity index (χ1) is 7.35. The molecule has 1 atom stereocenters. The maximum Gasteiger partial charge on any atom is 0.136 e. The predicted octanol–water partition coefficient (Wildman–Crippen LogP) is 3.63. The number of aromatic nitrogens is 2. The van der Waals surface area contributed by atoms with Crippen molar-refractivity contribution in [2.45, 2.75) is 39.0 Å². The third kappa shape index (κ3) is 2.04. The van der Waals surface area contributed by atoms with Gasteiger partial charge in [0.1, 0.15) is 5.65 Å². The number of nitrogens with zero attached hydrogens (tertiary/aromatic N) is 2. The largest absolute Gasteiger partial charge is 0.307 e. The molecule has 0 bridgehead atoms. The molecular formula is C13H18N2. The Morgan fingerprint density at radius 2 is 2.20 bits per heavy atom. The van der Waals surface area contributed by atoms with E-state index in [4.69, 9.17) is 0 Å². The van der Waals surface area contributed by atoms with Crippen LogP contribution in [-0.2, 0) is 0 Å². The van der Waals surface area contributed by atoms with Gasteiger partial charge >= 0.3 is 0 Å². The summed E-state index contributed by atoms with van der Waals surface area (Å²) in [5.74, 6) is 0.620. The molecule has 15 heavy (non-hydrogen) atoms. The summed E-state index contributed by atoms with van der Waals surface area (Å²) in [6, 6.07) is 6.13. The van der Waals surface area contributed by atoms with Crippen LogP contribution in [0.4, 0.5) is 0 Å². The van der Waals surface area contributed by atoms with E-state index < -0.39 is 0 Å². The van der Waals surface area contributed by atoms with Gasteiger partial charge in [-0.05, 0) is 25.0 Å². The lowest BCUT2D eigenvalue weighted by Crippen LogP contribution is -1.96. The van der Waals surface area contributed by atoms with Gasteiger partial charge in [0.2, 0.25) is 0 Å². The van der Waals surface area contributed by atoms with Gasteiger partial charge in [0.05, 0.1) is 5.69 Å². The molecule has 2 aromatic heterocycles. The van der Waals surface area contributed by atoms with E-state index in [1.54, 1.807) is 0 Å². The van der Waals surface area contributed by atoms with Gasteiger partial charge in [-0.2, -0.15) is 0 Å². The standard InChI is InChI=1S/C13H18N2/c1-3-7-11(4-2)12-10-15-9-6-5-8-13(15)14-12/h5-6,8-11H,3-4,7H2,1-2H3. The van der Waals surface area contributed by atoms with Crippen LogP contribution < -0.4 is 0 Å². The van der Waals surface area contributed by atoms with E-state index in [1.807, 2.05) is 12.1 Å². The summed E-state index contributed by atoms with van der Waals surface area (Å²) in [5.41, 5.74) is 2.30. The maximum atomic E-state index is 4.67. The van der Waals surface area contributed by atoms with Crippen LogP contribution in [0.15, 0.2) is 30.6 Å². The number of rotatable bonds is 4. The zero-order valence-corrected chi connectivity index (χ0v) is 9.48. The summed E-state index contributed by atoms with van der Waals surface area (Å²) >= 11 is 0. The highest BCUT2D eigenvalue weighted by Gasteiger charge is 2.11. The monoisotopic (exact) mass is 202 g/mol. The van der Waals surface area contributed by atoms with E-state index in [2.05, 4.69) is 41.7 Å². The van der Waals surface area contributed by atoms with Crippen molar-refractivity contribution in [3.05, 3.63) is 36.3 Å². The summed E-state index contributed by atoms with van der Waals surface area (Å²) in [4.78, 5) is 4.67. The van der Waals surface area contributed by atoms with Crippen molar-refractivity contribution >= 4 is 5.65 Å². The normalized spacial score (nSPS) is 13.2. The molecule has 0 spiro atoms. The van der Waals surface area contributed by atoms with Gasteiger partial charge in [-0.3, -0.25) is 0 Å². The Balaban J connectivity index is 2.34. The number of imidazole rings is 1. The first-order valence-corrected chi connectivity index (χ1v) is 5.78. The van der Waals surface area contributed by atoms with E-state index in [-0.39, 0.29) is 0 Å². The highest BCUT2D eigenvalue weighted by Crippen LogP contribution is 2.23. The van der Waals surface area contributed by atoms with Crippen molar-refractivity contribution in [1.82, 2.24) is 9.38 Å². The molecule has 0 aliphatic heterocycles. The summed E-state index contributed by atoms with van der Waals surface area (Å²) < 4.78 is 2.10. The second-order valence-corrected chi connectivity index (χ2v) is 4.03. The van der Waals surface area contributed by atoms with Crippen molar-refractivity contribution < 1.29 is 0 Å². The Morgan fingerprint density at radius 1 is 1.33 bits per heavy atom. The Labute approximate surface area is 91.0 Å². The number of pyridine rings is 1. The average Bonchev–Trinajstić information content (AvgIpc) is 2.69. The second-order valence-electron chi connectivity index (χ2n) is 4.03. The van der Waals surface area contributed by atoms with Crippen molar-refractivity contribution in [2.75, 3.05) is 0 Å². The predicted molar refractivity (Wildman–Crippen MR) is 63.1 cm³/mol. The quantitative estimate of drug-likeness (QED) is 0.740. The summed E-state index contributed by atoms with van der Waals surface area (Å²) in [6.45, 7) is 4.47. The second kappa shape index (κ2) is 4.47. The first kappa shape index (κ1) is 10.2. The molecule has 0 aliphatic rings. The minimum absolute atomic E-state index is 0.620. The van der Waals surface area contributed by atoms with Gasteiger partial charge in [-0.15, -0.1) is 0 Å². The molecule has 0 saturated heterocycles. The fourth-order valence-electron chi connectivity index (χ4n) is 2.06. The summed E-state index contributed by atoms with van der Waals surface area (Å²) in [7, 11) is 0. The zero-order chi connectivity index (χ0) is 10.7. The van der Waals surface area contributed by atoms with Gasteiger partial charge in [-0.1, -0.05) is 26.3 Å². The lowest BCUT2D eigenvalue weighted by Gasteiger charge is -2.09. The number of hydrogen-bond donors (Lipinski definition) is 0. The molecule has 0 radical (unpaired) electrons. The molecule has 0 N–H and O–H groups in total. The van der Waals surface area contributed by atoms with E-state index in [0.29, 0.717) is 5.92 Å². The SMILES string of the molecule is CCCC(CC)c1cn2ccccc2n1. The number of fused-ring (bicyclic) bond motifs is 1. The molecule has 2 aromatic rings. The first-order valence-electron chi connectivity index (χ1n) is 5.78. The minimum atomic E-state index is 0.620. The molecule has 0 aliphatic carbocycles. The van der Waals surface area contributed by atoms with Crippen LogP contribution >= 0.6 is 0 Å². The summed E-state index contributed by atoms with van der Waals surface area (Å²) in [5, 5.41) is 0. The molecule has 2 heterocycles. The van der Waals surface area contributed by atoms with Crippen LogP contribution in [-0.4, -0.2) is 9.38 Å². The Morgan fingerprint density at radius 3 is 2.87 bits per heavy atom. The fourth-order valence-corrected chi connectivity index (χ4v) is 2.06. The van der Waals surface area contributed by atoms with E-state index in [9.17, 15) is 0 Å². The van der Waals surface area contributed by atoms with Gasteiger partial charge in [-0.25, -0.2) is 4.98 Å². The maximum absolute atomic E-state index is 4.67. The molecule has 0 saturated carbocycles. The topological polar surface area (TPSA) is 17.3 Å². The van der Waals surface area contributed by atoms with E-state index in [0.717, 1.165) is 5.65 Å². The van der Waals surface area contributed by atoms with Crippen LogP contribution in [0.25, 0.3) is 5.65 Å². The minimum Gasteiger partial charge on any atom is -0.307 e. The third-order valence-corrected chi connectivity index (χ3v) is 2.93. The van der Waals surface area contributed by atoms with Crippen molar-refractivity contribution in [2.24, 2.45) is 0 Å². The smallest absolute Gasteiger partial charge is 0.136 e. The van der Waals surface area contributed by atoms with Gasteiger partial charge in [0.15, 0.2) is 0 Å². The zero-order valence-electron chi connectivity index (χ0n) is 9.48. The molecular weight excluding hydrogens is 184 g/mol. The molecule has 2 rings (SSSR count). The van der Waals surface area contributed by atoms with Crippen LogP contribution in [0.3, 0.4) is 0 Å². The third-order valence-electron chi connectivity index (χ3n) is 2.93. The highest BCUT2D eigenvalue weighted by molar-refractivity contribution is 5.40. The molecule has 0 fully saturated rings. The van der Waals surface area contributed by atoms with E-state index >= 15 is 0 Å². The Bertz CT molecular complexity index is 398. The Kier molecular flexibility index (Phi) is 3.05. The molecule has 2 heteroatoms. The molecule has 1 unspecified atom stereocenters. The molecule has 2 nitrogen and oxygen atoms in total. The molecule has 0 aromatic carbocycles. The molecule has 80 valence electrons. The van der Waals surface area contributed by atoms with Crippen LogP contribution in [0.2, 0.25) is 0 Å². The lowest BCUT2D eigenvalue weighted by molar-refractivity contribution is 0.584. The van der Waals surface area contributed by atoms with Crippen molar-refractivity contribution in [1.29, 1.82) is 0 Å². The van der Waals surface area contributed by atoms with Gasteiger partial charge in [0.25, 0.3) is 0 Å². The lowest BCUT2D eigenvalue weighted by atomic mass is 9.98. The van der Waals surface area contributed by atoms with Gasteiger partial charge in [0, 0.05) is 18.3 Å². The Hall–Kier alpha value is -1.31. The van der Waals surface area contributed by atoms with Crippen molar-refractivity contribution in [3.63, 3.8) is 0 Å².